The first-order valence-electron chi connectivity index (χ1n) is 8.87. The lowest BCUT2D eigenvalue weighted by atomic mass is 10.1. The van der Waals surface area contributed by atoms with E-state index in [4.69, 9.17) is 16.0 Å². The molecule has 1 aliphatic rings. The van der Waals surface area contributed by atoms with Crippen molar-refractivity contribution in [2.45, 2.75) is 13.1 Å². The predicted octanol–water partition coefficient (Wildman–Crippen LogP) is 6.42. The average Bonchev–Trinajstić information content (AvgIpc) is 3.28. The van der Waals surface area contributed by atoms with Crippen molar-refractivity contribution in [3.63, 3.8) is 0 Å². The molecule has 4 nitrogen and oxygen atoms in total. The second kappa shape index (κ2) is 7.50. The topological polar surface area (TPSA) is 45.8 Å². The summed E-state index contributed by atoms with van der Waals surface area (Å²) < 4.78 is 44.5. The molecule has 0 bridgehead atoms. The number of amides is 1. The Morgan fingerprint density at radius 1 is 1.07 bits per heavy atom. The van der Waals surface area contributed by atoms with Crippen molar-refractivity contribution in [2.24, 2.45) is 5.10 Å². The summed E-state index contributed by atoms with van der Waals surface area (Å²) in [5.41, 5.74) is 0.858. The number of hydrazone groups is 1. The molecule has 2 aromatic carbocycles. The average molecular weight is 431 g/mol. The fraction of sp³-hybridized carbons (Fsp3) is 0.0909. The molecule has 0 saturated heterocycles. The number of rotatable bonds is 3. The monoisotopic (exact) mass is 430 g/mol. The summed E-state index contributed by atoms with van der Waals surface area (Å²) in [6.07, 6.45) is -2.93. The van der Waals surface area contributed by atoms with Crippen LogP contribution in [0.4, 0.5) is 18.9 Å². The highest BCUT2D eigenvalue weighted by molar-refractivity contribution is 6.33. The van der Waals surface area contributed by atoms with E-state index >= 15 is 0 Å². The molecular weight excluding hydrogens is 417 g/mol. The van der Waals surface area contributed by atoms with E-state index in [2.05, 4.69) is 5.10 Å². The molecule has 0 aliphatic carbocycles. The molecule has 0 saturated carbocycles. The number of alkyl halides is 3. The van der Waals surface area contributed by atoms with Gasteiger partial charge in [-0.1, -0.05) is 29.8 Å². The van der Waals surface area contributed by atoms with E-state index in [9.17, 15) is 18.0 Å². The highest BCUT2D eigenvalue weighted by atomic mass is 35.5. The fourth-order valence-corrected chi connectivity index (χ4v) is 3.23. The number of anilines is 1. The maximum atomic E-state index is 12.9. The molecule has 152 valence electrons. The molecule has 4 rings (SSSR count). The Balaban J connectivity index is 1.62. The van der Waals surface area contributed by atoms with Gasteiger partial charge in [0.1, 0.15) is 11.5 Å². The minimum Gasteiger partial charge on any atom is -0.457 e. The second-order valence-electron chi connectivity index (χ2n) is 6.62. The Bertz CT molecular complexity index is 1190. The van der Waals surface area contributed by atoms with Crippen molar-refractivity contribution in [2.75, 3.05) is 5.01 Å². The third-order valence-corrected chi connectivity index (χ3v) is 4.74. The number of carbonyl (C=O) groups excluding carboxylic acids is 1. The van der Waals surface area contributed by atoms with Crippen LogP contribution in [0.25, 0.3) is 17.4 Å². The molecule has 2 heterocycles. The van der Waals surface area contributed by atoms with Gasteiger partial charge in [-0.3, -0.25) is 4.79 Å². The Hall–Kier alpha value is -3.32. The van der Waals surface area contributed by atoms with E-state index in [0.717, 1.165) is 12.1 Å². The normalized spacial score (nSPS) is 15.8. The molecule has 0 fully saturated rings. The number of furan rings is 1. The zero-order chi connectivity index (χ0) is 21.5. The number of benzene rings is 2. The summed E-state index contributed by atoms with van der Waals surface area (Å²) in [7, 11) is 0. The number of hydrogen-bond donors (Lipinski definition) is 0. The zero-order valence-electron chi connectivity index (χ0n) is 15.6. The summed E-state index contributed by atoms with van der Waals surface area (Å²) in [6, 6.07) is 14.7. The SMILES string of the molecule is CC1=NN(c2cccc(Cl)c2)C(=O)/C1=C/c1ccc(-c2cccc(C(F)(F)F)c2)o1. The Morgan fingerprint density at radius 3 is 2.57 bits per heavy atom. The lowest BCUT2D eigenvalue weighted by molar-refractivity contribution is -0.137. The molecule has 1 aliphatic heterocycles. The van der Waals surface area contributed by atoms with Gasteiger partial charge in [-0.15, -0.1) is 0 Å². The molecule has 3 aromatic rings. The van der Waals surface area contributed by atoms with Gasteiger partial charge < -0.3 is 4.42 Å². The van der Waals surface area contributed by atoms with Crippen LogP contribution in [-0.4, -0.2) is 11.6 Å². The first kappa shape index (κ1) is 20.0. The Morgan fingerprint density at radius 2 is 1.83 bits per heavy atom. The Labute approximate surface area is 174 Å². The Kier molecular flexibility index (Phi) is 4.99. The zero-order valence-corrected chi connectivity index (χ0v) is 16.3. The van der Waals surface area contributed by atoms with Crippen molar-refractivity contribution >= 4 is 35.0 Å². The quantitative estimate of drug-likeness (QED) is 0.450. The molecule has 8 heteroatoms. The summed E-state index contributed by atoms with van der Waals surface area (Å²) >= 11 is 5.99. The van der Waals surface area contributed by atoms with Crippen molar-refractivity contribution in [3.05, 3.63) is 82.6 Å². The van der Waals surface area contributed by atoms with Crippen molar-refractivity contribution in [3.8, 4) is 11.3 Å². The predicted molar refractivity (Wildman–Crippen MR) is 109 cm³/mol. The summed E-state index contributed by atoms with van der Waals surface area (Å²) in [6.45, 7) is 1.69. The van der Waals surface area contributed by atoms with E-state index < -0.39 is 11.7 Å². The molecule has 1 amide bonds. The van der Waals surface area contributed by atoms with Gasteiger partial charge in [0, 0.05) is 10.6 Å². The summed E-state index contributed by atoms with van der Waals surface area (Å²) in [4.78, 5) is 12.8. The van der Waals surface area contributed by atoms with Gasteiger partial charge in [-0.05, 0) is 55.5 Å². The molecule has 0 radical (unpaired) electrons. The minimum atomic E-state index is -4.44. The van der Waals surface area contributed by atoms with Crippen LogP contribution in [-0.2, 0) is 11.0 Å². The van der Waals surface area contributed by atoms with Crippen LogP contribution in [0.3, 0.4) is 0 Å². The maximum Gasteiger partial charge on any atom is 0.416 e. The lowest BCUT2D eigenvalue weighted by Gasteiger charge is -2.11. The first-order valence-corrected chi connectivity index (χ1v) is 9.25. The first-order chi connectivity index (χ1) is 14.2. The second-order valence-corrected chi connectivity index (χ2v) is 7.06. The van der Waals surface area contributed by atoms with Crippen molar-refractivity contribution in [1.82, 2.24) is 0 Å². The molecule has 0 unspecified atom stereocenters. The number of hydrogen-bond acceptors (Lipinski definition) is 3. The minimum absolute atomic E-state index is 0.264. The van der Waals surface area contributed by atoms with E-state index in [1.807, 2.05) is 0 Å². The van der Waals surface area contributed by atoms with Crippen molar-refractivity contribution < 1.29 is 22.4 Å². The number of nitrogens with zero attached hydrogens (tertiary/aromatic N) is 2. The van der Waals surface area contributed by atoms with Gasteiger partial charge in [0.15, 0.2) is 0 Å². The molecule has 0 atom stereocenters. The number of carbonyl (C=O) groups is 1. The maximum absolute atomic E-state index is 12.9. The van der Waals surface area contributed by atoms with Crippen LogP contribution in [0.2, 0.25) is 5.02 Å². The largest absolute Gasteiger partial charge is 0.457 e. The van der Waals surface area contributed by atoms with E-state index in [1.165, 1.54) is 23.2 Å². The molecule has 0 spiro atoms. The van der Waals surface area contributed by atoms with E-state index in [1.54, 1.807) is 43.3 Å². The van der Waals surface area contributed by atoms with Crippen LogP contribution >= 0.6 is 11.6 Å². The lowest BCUT2D eigenvalue weighted by Crippen LogP contribution is -2.21. The highest BCUT2D eigenvalue weighted by Crippen LogP contribution is 2.33. The van der Waals surface area contributed by atoms with Crippen molar-refractivity contribution in [1.29, 1.82) is 0 Å². The van der Waals surface area contributed by atoms with Crippen LogP contribution in [0.1, 0.15) is 18.2 Å². The van der Waals surface area contributed by atoms with Gasteiger partial charge in [-0.2, -0.15) is 23.3 Å². The van der Waals surface area contributed by atoms with E-state index in [0.29, 0.717) is 27.8 Å². The third kappa shape index (κ3) is 3.89. The molecule has 0 N–H and O–H groups in total. The molecule has 1 aromatic heterocycles. The standard InChI is InChI=1S/C22H14ClF3N2O2/c1-13-19(21(29)28(27-13)17-7-3-6-16(23)11-17)12-18-8-9-20(30-18)14-4-2-5-15(10-14)22(24,25)26/h2-12H,1H3/b19-12+. The van der Waals surface area contributed by atoms with Gasteiger partial charge in [-0.25, -0.2) is 0 Å². The van der Waals surface area contributed by atoms with Crippen LogP contribution in [0.5, 0.6) is 0 Å². The van der Waals surface area contributed by atoms with Crippen LogP contribution in [0, 0.1) is 0 Å². The smallest absolute Gasteiger partial charge is 0.416 e. The van der Waals surface area contributed by atoms with Gasteiger partial charge in [0.25, 0.3) is 5.91 Å². The van der Waals surface area contributed by atoms with Crippen LogP contribution in [0.15, 0.2) is 75.8 Å². The van der Waals surface area contributed by atoms with Gasteiger partial charge >= 0.3 is 6.18 Å². The van der Waals surface area contributed by atoms with Gasteiger partial charge in [0.05, 0.1) is 22.5 Å². The summed E-state index contributed by atoms with van der Waals surface area (Å²) in [5.74, 6) is 0.236. The van der Waals surface area contributed by atoms with Crippen LogP contribution < -0.4 is 5.01 Å². The third-order valence-electron chi connectivity index (χ3n) is 4.50. The number of halogens is 4. The van der Waals surface area contributed by atoms with Gasteiger partial charge in [0.2, 0.25) is 0 Å². The highest BCUT2D eigenvalue weighted by Gasteiger charge is 2.31. The molecular formula is C22H14ClF3N2O2. The van der Waals surface area contributed by atoms with E-state index in [-0.39, 0.29) is 17.2 Å². The summed E-state index contributed by atoms with van der Waals surface area (Å²) in [5, 5.41) is 5.98. The molecule has 30 heavy (non-hydrogen) atoms. The fourth-order valence-electron chi connectivity index (χ4n) is 3.04.